The fourth-order valence-electron chi connectivity index (χ4n) is 1.15. The summed E-state index contributed by atoms with van der Waals surface area (Å²) in [4.78, 5) is 9.99. The summed E-state index contributed by atoms with van der Waals surface area (Å²) < 4.78 is 0. The van der Waals surface area contributed by atoms with Gasteiger partial charge in [-0.15, -0.1) is 0 Å². The van der Waals surface area contributed by atoms with Crippen molar-refractivity contribution in [3.05, 3.63) is 12.3 Å². The summed E-state index contributed by atoms with van der Waals surface area (Å²) in [6, 6.07) is 0. The van der Waals surface area contributed by atoms with Crippen molar-refractivity contribution in [3.8, 4) is 0 Å². The zero-order valence-corrected chi connectivity index (χ0v) is 6.62. The van der Waals surface area contributed by atoms with E-state index in [0.717, 1.165) is 19.4 Å². The number of carbonyl (C=O) groups excluding carboxylic acids is 1. The summed E-state index contributed by atoms with van der Waals surface area (Å²) >= 11 is 0. The van der Waals surface area contributed by atoms with Crippen molar-refractivity contribution in [2.45, 2.75) is 19.3 Å². The molecular formula is C8H14N2O. The number of hydrogen-bond acceptors (Lipinski definition) is 3. The number of hydrazine groups is 1. The van der Waals surface area contributed by atoms with Gasteiger partial charge in [-0.3, -0.25) is 4.79 Å². The van der Waals surface area contributed by atoms with E-state index in [9.17, 15) is 4.79 Å². The first-order valence-electron chi connectivity index (χ1n) is 4.05. The molecule has 1 fully saturated rings. The third-order valence-electron chi connectivity index (χ3n) is 1.74. The Kier molecular flexibility index (Phi) is 3.69. The molecule has 0 aromatic carbocycles. The smallest absolute Gasteiger partial charge is 0.144 e. The molecule has 1 rings (SSSR count). The Labute approximate surface area is 67.0 Å². The molecule has 0 aliphatic carbocycles. The molecule has 0 spiro atoms. The van der Waals surface area contributed by atoms with E-state index < -0.39 is 0 Å². The summed E-state index contributed by atoms with van der Waals surface area (Å²) in [5, 5.41) is 1.97. The molecule has 1 saturated heterocycles. The third kappa shape index (κ3) is 3.18. The van der Waals surface area contributed by atoms with Gasteiger partial charge in [0.2, 0.25) is 0 Å². The normalized spacial score (nSPS) is 20.2. The Hall–Kier alpha value is -0.830. The van der Waals surface area contributed by atoms with Gasteiger partial charge < -0.3 is 5.01 Å². The number of carbonyl (C=O) groups is 1. The number of nitrogens with zero attached hydrogens (tertiary/aromatic N) is 1. The molecular weight excluding hydrogens is 140 g/mol. The van der Waals surface area contributed by atoms with Gasteiger partial charge >= 0.3 is 0 Å². The number of nitrogens with one attached hydrogen (secondary N) is 1. The summed E-state index contributed by atoms with van der Waals surface area (Å²) in [5.74, 6) is 0. The van der Waals surface area contributed by atoms with Crippen LogP contribution in [0.3, 0.4) is 0 Å². The summed E-state index contributed by atoms with van der Waals surface area (Å²) in [7, 11) is 0. The zero-order valence-electron chi connectivity index (χ0n) is 6.62. The molecule has 0 saturated carbocycles. The second kappa shape index (κ2) is 4.91. The van der Waals surface area contributed by atoms with Crippen LogP contribution in [0.1, 0.15) is 19.3 Å². The molecule has 0 unspecified atom stereocenters. The van der Waals surface area contributed by atoms with Gasteiger partial charge in [0.25, 0.3) is 0 Å². The zero-order chi connectivity index (χ0) is 7.94. The minimum Gasteiger partial charge on any atom is -0.316 e. The molecule has 1 N–H and O–H groups in total. The molecule has 1 aliphatic rings. The molecule has 0 amide bonds. The minimum atomic E-state index is 0.798. The van der Waals surface area contributed by atoms with Crippen LogP contribution in [0.25, 0.3) is 0 Å². The van der Waals surface area contributed by atoms with Crippen LogP contribution in [0, 0.1) is 0 Å². The van der Waals surface area contributed by atoms with Crippen LogP contribution in [0.4, 0.5) is 0 Å². The molecule has 3 heteroatoms. The maximum absolute atomic E-state index is 9.99. The lowest BCUT2D eigenvalue weighted by molar-refractivity contribution is -0.104. The van der Waals surface area contributed by atoms with Gasteiger partial charge in [-0.05, 0) is 18.9 Å². The first-order valence-corrected chi connectivity index (χ1v) is 4.05. The number of allylic oxidation sites excluding steroid dienone is 1. The lowest BCUT2D eigenvalue weighted by Gasteiger charge is -2.17. The largest absolute Gasteiger partial charge is 0.316 e. The van der Waals surface area contributed by atoms with Crippen LogP contribution in [-0.4, -0.2) is 24.4 Å². The Morgan fingerprint density at radius 3 is 3.00 bits per heavy atom. The molecule has 0 aromatic heterocycles. The highest BCUT2D eigenvalue weighted by molar-refractivity contribution is 5.64. The predicted octanol–water partition coefficient (Wildman–Crippen LogP) is 0.690. The SMILES string of the molecule is O=CC=CN1CCCCCN1. The monoisotopic (exact) mass is 154 g/mol. The van der Waals surface area contributed by atoms with E-state index in [1.54, 1.807) is 6.20 Å². The third-order valence-corrected chi connectivity index (χ3v) is 1.74. The first kappa shape index (κ1) is 8.27. The van der Waals surface area contributed by atoms with Crippen molar-refractivity contribution in [3.63, 3.8) is 0 Å². The van der Waals surface area contributed by atoms with Crippen LogP contribution in [0.5, 0.6) is 0 Å². The fraction of sp³-hybridized carbons (Fsp3) is 0.625. The van der Waals surface area contributed by atoms with E-state index >= 15 is 0 Å². The molecule has 0 radical (unpaired) electrons. The molecule has 0 aromatic rings. The lowest BCUT2D eigenvalue weighted by atomic mass is 10.2. The highest BCUT2D eigenvalue weighted by Crippen LogP contribution is 2.01. The van der Waals surface area contributed by atoms with Gasteiger partial charge in [0.15, 0.2) is 0 Å². The quantitative estimate of drug-likeness (QED) is 0.469. The van der Waals surface area contributed by atoms with Crippen molar-refractivity contribution in [2.24, 2.45) is 0 Å². The van der Waals surface area contributed by atoms with Gasteiger partial charge in [0.05, 0.1) is 0 Å². The van der Waals surface area contributed by atoms with Crippen molar-refractivity contribution >= 4 is 6.29 Å². The minimum absolute atomic E-state index is 0.798. The van der Waals surface area contributed by atoms with Crippen molar-refractivity contribution in [2.75, 3.05) is 13.1 Å². The van der Waals surface area contributed by atoms with E-state index in [1.807, 2.05) is 5.01 Å². The van der Waals surface area contributed by atoms with Crippen LogP contribution in [-0.2, 0) is 4.79 Å². The summed E-state index contributed by atoms with van der Waals surface area (Å²) in [6.45, 7) is 2.02. The topological polar surface area (TPSA) is 32.3 Å². The maximum atomic E-state index is 9.99. The van der Waals surface area contributed by atoms with Gasteiger partial charge in [-0.2, -0.15) is 0 Å². The average Bonchev–Trinajstić information content (AvgIpc) is 2.28. The molecule has 62 valence electrons. The fourth-order valence-corrected chi connectivity index (χ4v) is 1.15. The van der Waals surface area contributed by atoms with E-state index in [4.69, 9.17) is 0 Å². The van der Waals surface area contributed by atoms with E-state index in [1.165, 1.54) is 25.3 Å². The number of rotatable bonds is 2. The molecule has 1 heterocycles. The second-order valence-electron chi connectivity index (χ2n) is 2.64. The number of aldehydes is 1. The van der Waals surface area contributed by atoms with Crippen LogP contribution in [0.15, 0.2) is 12.3 Å². The maximum Gasteiger partial charge on any atom is 0.144 e. The van der Waals surface area contributed by atoms with Crippen LogP contribution < -0.4 is 5.43 Å². The summed E-state index contributed by atoms with van der Waals surface area (Å²) in [5.41, 5.74) is 3.20. The second-order valence-corrected chi connectivity index (χ2v) is 2.64. The lowest BCUT2D eigenvalue weighted by Crippen LogP contribution is -2.32. The Morgan fingerprint density at radius 2 is 2.18 bits per heavy atom. The first-order chi connectivity index (χ1) is 5.43. The number of hydrogen-bond donors (Lipinski definition) is 1. The molecule has 3 nitrogen and oxygen atoms in total. The van der Waals surface area contributed by atoms with Gasteiger partial charge in [0, 0.05) is 19.3 Å². The van der Waals surface area contributed by atoms with E-state index in [0.29, 0.717) is 0 Å². The van der Waals surface area contributed by atoms with Crippen molar-refractivity contribution in [1.82, 2.24) is 10.4 Å². The molecule has 0 bridgehead atoms. The highest BCUT2D eigenvalue weighted by Gasteiger charge is 2.02. The Morgan fingerprint density at radius 1 is 1.27 bits per heavy atom. The standard InChI is InChI=1S/C8H14N2O/c11-8-4-7-10-6-3-1-2-5-9-10/h4,7-9H,1-3,5-6H2. The van der Waals surface area contributed by atoms with E-state index in [-0.39, 0.29) is 0 Å². The molecule has 11 heavy (non-hydrogen) atoms. The van der Waals surface area contributed by atoms with Gasteiger partial charge in [0.1, 0.15) is 6.29 Å². The molecule has 0 atom stereocenters. The molecule has 1 aliphatic heterocycles. The Bertz CT molecular complexity index is 137. The van der Waals surface area contributed by atoms with Gasteiger partial charge in [-0.25, -0.2) is 5.43 Å². The highest BCUT2D eigenvalue weighted by atomic mass is 16.1. The van der Waals surface area contributed by atoms with Crippen molar-refractivity contribution in [1.29, 1.82) is 0 Å². The van der Waals surface area contributed by atoms with Gasteiger partial charge in [-0.1, -0.05) is 6.42 Å². The van der Waals surface area contributed by atoms with Crippen LogP contribution >= 0.6 is 0 Å². The van der Waals surface area contributed by atoms with Crippen LogP contribution in [0.2, 0.25) is 0 Å². The Balaban J connectivity index is 2.30. The van der Waals surface area contributed by atoms with Crippen molar-refractivity contribution < 1.29 is 4.79 Å². The summed E-state index contributed by atoms with van der Waals surface area (Å²) in [6.07, 6.45) is 7.81. The van der Waals surface area contributed by atoms with E-state index in [2.05, 4.69) is 5.43 Å². The predicted molar refractivity (Wildman–Crippen MR) is 43.8 cm³/mol. The average molecular weight is 154 g/mol.